The van der Waals surface area contributed by atoms with Crippen molar-refractivity contribution in [2.24, 2.45) is 5.16 Å². The van der Waals surface area contributed by atoms with E-state index in [9.17, 15) is 23.2 Å². The van der Waals surface area contributed by atoms with Gasteiger partial charge in [-0.3, -0.25) is 0 Å². The molecule has 0 aliphatic heterocycles. The van der Waals surface area contributed by atoms with Crippen LogP contribution in [0.15, 0.2) is 35.6 Å². The van der Waals surface area contributed by atoms with Gasteiger partial charge in [-0.1, -0.05) is 17.3 Å². The van der Waals surface area contributed by atoms with E-state index in [-0.39, 0.29) is 6.61 Å². The Morgan fingerprint density at radius 1 is 1.26 bits per heavy atom. The van der Waals surface area contributed by atoms with Gasteiger partial charge in [0.05, 0.1) is 23.4 Å². The van der Waals surface area contributed by atoms with Gasteiger partial charge < -0.3 is 14.5 Å². The van der Waals surface area contributed by atoms with Crippen LogP contribution in [0.3, 0.4) is 0 Å². The predicted octanol–water partition coefficient (Wildman–Crippen LogP) is 4.25. The van der Waals surface area contributed by atoms with Gasteiger partial charge in [0.15, 0.2) is 0 Å². The van der Waals surface area contributed by atoms with E-state index in [4.69, 9.17) is 4.74 Å². The first-order valence-electron chi connectivity index (χ1n) is 8.61. The van der Waals surface area contributed by atoms with Crippen LogP contribution >= 0.6 is 0 Å². The zero-order chi connectivity index (χ0) is 19.6. The topological polar surface area (TPSA) is 63.8 Å². The second-order valence-corrected chi connectivity index (χ2v) is 6.31. The van der Waals surface area contributed by atoms with Crippen LogP contribution in [0.5, 0.6) is 0 Å². The summed E-state index contributed by atoms with van der Waals surface area (Å²) in [7, 11) is 0. The third kappa shape index (κ3) is 3.84. The molecule has 0 saturated carbocycles. The fourth-order valence-electron chi connectivity index (χ4n) is 3.34. The lowest BCUT2D eigenvalue weighted by Crippen LogP contribution is -2.17. The van der Waals surface area contributed by atoms with E-state index in [2.05, 4.69) is 5.16 Å². The Balaban J connectivity index is 1.97. The molecule has 1 aromatic heterocycles. The van der Waals surface area contributed by atoms with Crippen LogP contribution in [0.25, 0.3) is 0 Å². The average Bonchev–Trinajstić information content (AvgIpc) is 3.00. The molecule has 3 rings (SSSR count). The molecule has 1 N–H and O–H groups in total. The van der Waals surface area contributed by atoms with Gasteiger partial charge in [0.1, 0.15) is 0 Å². The minimum Gasteiger partial charge on any atom is -0.462 e. The van der Waals surface area contributed by atoms with E-state index in [0.717, 1.165) is 24.2 Å². The molecule has 1 heterocycles. The molecule has 0 spiro atoms. The third-order valence-electron chi connectivity index (χ3n) is 4.56. The summed E-state index contributed by atoms with van der Waals surface area (Å²) in [6.07, 6.45) is -0.786. The number of alkyl halides is 3. The third-order valence-corrected chi connectivity index (χ3v) is 4.56. The second kappa shape index (κ2) is 7.46. The van der Waals surface area contributed by atoms with Crippen molar-refractivity contribution < 1.29 is 27.9 Å². The molecule has 0 amide bonds. The SMILES string of the molecule is CCOC(=O)c1cn(Cc2ccc(C(F)(F)F)cc2)c2c1/C(=N\O)CCC2. The number of carbonyl (C=O) groups is 1. The quantitative estimate of drug-likeness (QED) is 0.490. The first-order chi connectivity index (χ1) is 12.8. The maximum absolute atomic E-state index is 12.7. The highest BCUT2D eigenvalue weighted by molar-refractivity contribution is 6.10. The van der Waals surface area contributed by atoms with Crippen LogP contribution in [-0.4, -0.2) is 28.1 Å². The normalized spacial score (nSPS) is 15.6. The van der Waals surface area contributed by atoms with Gasteiger partial charge in [-0.15, -0.1) is 0 Å². The first-order valence-corrected chi connectivity index (χ1v) is 8.61. The lowest BCUT2D eigenvalue weighted by atomic mass is 9.93. The number of ether oxygens (including phenoxy) is 1. The summed E-state index contributed by atoms with van der Waals surface area (Å²) in [5, 5.41) is 12.6. The number of hydrogen-bond acceptors (Lipinski definition) is 4. The van der Waals surface area contributed by atoms with Crippen molar-refractivity contribution in [2.75, 3.05) is 6.61 Å². The number of aromatic nitrogens is 1. The van der Waals surface area contributed by atoms with E-state index >= 15 is 0 Å². The van der Waals surface area contributed by atoms with E-state index < -0.39 is 17.7 Å². The van der Waals surface area contributed by atoms with E-state index in [1.807, 2.05) is 4.57 Å². The number of halogens is 3. The molecule has 0 atom stereocenters. The summed E-state index contributed by atoms with van der Waals surface area (Å²) < 4.78 is 45.1. The molecule has 1 aliphatic rings. The number of fused-ring (bicyclic) bond motifs is 1. The summed E-state index contributed by atoms with van der Waals surface area (Å²) in [6.45, 7) is 2.21. The molecule has 0 saturated heterocycles. The summed E-state index contributed by atoms with van der Waals surface area (Å²) in [4.78, 5) is 12.3. The minimum atomic E-state index is -4.38. The summed E-state index contributed by atoms with van der Waals surface area (Å²) in [5.41, 5.74) is 2.08. The molecule has 0 bridgehead atoms. The number of hydrogen-bond donors (Lipinski definition) is 1. The fraction of sp³-hybridized carbons (Fsp3) is 0.368. The lowest BCUT2D eigenvalue weighted by molar-refractivity contribution is -0.137. The van der Waals surface area contributed by atoms with Crippen molar-refractivity contribution in [3.8, 4) is 0 Å². The van der Waals surface area contributed by atoms with Crippen molar-refractivity contribution >= 4 is 11.7 Å². The molecular weight excluding hydrogens is 361 g/mol. The van der Waals surface area contributed by atoms with Crippen LogP contribution in [0, 0.1) is 0 Å². The molecular formula is C19H19F3N2O3. The molecule has 0 radical (unpaired) electrons. The maximum Gasteiger partial charge on any atom is 0.416 e. The number of rotatable bonds is 4. The summed E-state index contributed by atoms with van der Waals surface area (Å²) in [5.74, 6) is -0.511. The van der Waals surface area contributed by atoms with Crippen LogP contribution in [0.2, 0.25) is 0 Å². The highest BCUT2D eigenvalue weighted by Gasteiger charge is 2.30. The average molecular weight is 380 g/mol. The smallest absolute Gasteiger partial charge is 0.416 e. The highest BCUT2D eigenvalue weighted by atomic mass is 19.4. The number of oxime groups is 1. The molecule has 144 valence electrons. The Labute approximate surface area is 154 Å². The Morgan fingerprint density at radius 2 is 1.96 bits per heavy atom. The standard InChI is InChI=1S/C19H19F3N2O3/c1-2-27-18(25)14-11-24(16-5-3-4-15(23-26)17(14)16)10-12-6-8-13(9-7-12)19(20,21)22/h6-9,11,26H,2-5,10H2,1H3/b23-15-. The van der Waals surface area contributed by atoms with Crippen molar-refractivity contribution in [3.05, 3.63) is 58.4 Å². The Bertz CT molecular complexity index is 868. The van der Waals surface area contributed by atoms with Crippen LogP contribution in [0.1, 0.15) is 52.5 Å². The summed E-state index contributed by atoms with van der Waals surface area (Å²) >= 11 is 0. The van der Waals surface area contributed by atoms with Crippen molar-refractivity contribution in [1.82, 2.24) is 4.57 Å². The van der Waals surface area contributed by atoms with Gasteiger partial charge in [-0.2, -0.15) is 13.2 Å². The molecule has 1 aliphatic carbocycles. The molecule has 8 heteroatoms. The Morgan fingerprint density at radius 3 is 2.56 bits per heavy atom. The Hall–Kier alpha value is -2.77. The lowest BCUT2D eigenvalue weighted by Gasteiger charge is -2.17. The van der Waals surface area contributed by atoms with Gasteiger partial charge in [-0.05, 0) is 43.9 Å². The van der Waals surface area contributed by atoms with Crippen LogP contribution in [-0.2, 0) is 23.9 Å². The van der Waals surface area contributed by atoms with Gasteiger partial charge in [0.25, 0.3) is 0 Å². The molecule has 1 aromatic carbocycles. The highest BCUT2D eigenvalue weighted by Crippen LogP contribution is 2.31. The number of carbonyl (C=O) groups excluding carboxylic acids is 1. The fourth-order valence-corrected chi connectivity index (χ4v) is 3.34. The molecule has 27 heavy (non-hydrogen) atoms. The van der Waals surface area contributed by atoms with Gasteiger partial charge >= 0.3 is 12.1 Å². The maximum atomic E-state index is 12.7. The first kappa shape index (κ1) is 19.0. The van der Waals surface area contributed by atoms with Crippen LogP contribution < -0.4 is 0 Å². The van der Waals surface area contributed by atoms with Crippen molar-refractivity contribution in [3.63, 3.8) is 0 Å². The zero-order valence-corrected chi connectivity index (χ0v) is 14.7. The van der Waals surface area contributed by atoms with E-state index in [1.54, 1.807) is 13.1 Å². The van der Waals surface area contributed by atoms with E-state index in [0.29, 0.717) is 41.8 Å². The molecule has 0 fully saturated rings. The van der Waals surface area contributed by atoms with Crippen LogP contribution in [0.4, 0.5) is 13.2 Å². The zero-order valence-electron chi connectivity index (χ0n) is 14.7. The van der Waals surface area contributed by atoms with Gasteiger partial charge in [0.2, 0.25) is 0 Å². The van der Waals surface area contributed by atoms with Gasteiger partial charge in [-0.25, -0.2) is 4.79 Å². The Kier molecular flexibility index (Phi) is 5.25. The second-order valence-electron chi connectivity index (χ2n) is 6.31. The van der Waals surface area contributed by atoms with Gasteiger partial charge in [0, 0.05) is 24.0 Å². The number of benzene rings is 1. The molecule has 0 unspecified atom stereocenters. The van der Waals surface area contributed by atoms with Crippen molar-refractivity contribution in [1.29, 1.82) is 0 Å². The van der Waals surface area contributed by atoms with E-state index in [1.165, 1.54) is 12.1 Å². The molecule has 5 nitrogen and oxygen atoms in total. The minimum absolute atomic E-state index is 0.212. The number of nitrogens with zero attached hydrogens (tertiary/aromatic N) is 2. The van der Waals surface area contributed by atoms with Crippen molar-refractivity contribution in [2.45, 2.75) is 38.9 Å². The monoisotopic (exact) mass is 380 g/mol. The summed E-state index contributed by atoms with van der Waals surface area (Å²) in [6, 6.07) is 4.92. The molecule has 2 aromatic rings. The number of esters is 1. The largest absolute Gasteiger partial charge is 0.462 e. The predicted molar refractivity (Wildman–Crippen MR) is 92.2 cm³/mol.